The van der Waals surface area contributed by atoms with E-state index in [1.54, 1.807) is 12.1 Å². The van der Waals surface area contributed by atoms with Crippen molar-refractivity contribution < 1.29 is 14.3 Å². The van der Waals surface area contributed by atoms with Gasteiger partial charge in [-0.2, -0.15) is 0 Å². The molecule has 1 aromatic heterocycles. The number of nitrogens with zero attached hydrogens (tertiary/aromatic N) is 3. The fourth-order valence-corrected chi connectivity index (χ4v) is 4.92. The van der Waals surface area contributed by atoms with Gasteiger partial charge in [0, 0.05) is 69.8 Å². The smallest absolute Gasteiger partial charge is 0.250 e. The van der Waals surface area contributed by atoms with Gasteiger partial charge >= 0.3 is 0 Å². The molecule has 2 unspecified atom stereocenters. The maximum absolute atomic E-state index is 12.7. The second-order valence-electron chi connectivity index (χ2n) is 8.65. The van der Waals surface area contributed by atoms with Crippen molar-refractivity contribution in [3.8, 4) is 0 Å². The maximum atomic E-state index is 12.7. The van der Waals surface area contributed by atoms with Crippen molar-refractivity contribution in [1.29, 1.82) is 0 Å². The van der Waals surface area contributed by atoms with E-state index in [2.05, 4.69) is 10.2 Å². The van der Waals surface area contributed by atoms with E-state index >= 15 is 0 Å². The van der Waals surface area contributed by atoms with Gasteiger partial charge in [-0.1, -0.05) is 6.07 Å². The number of carbonyl (C=O) groups excluding carboxylic acids is 2. The third-order valence-corrected chi connectivity index (χ3v) is 6.48. The number of likely N-dealkylation sites (tertiary alicyclic amines) is 1. The zero-order chi connectivity index (χ0) is 20.9. The second kappa shape index (κ2) is 9.75. The molecule has 3 aliphatic heterocycles. The van der Waals surface area contributed by atoms with Crippen LogP contribution in [0.3, 0.4) is 0 Å². The first-order valence-electron chi connectivity index (χ1n) is 11.1. The Balaban J connectivity index is 1.18. The molecule has 2 amide bonds. The summed E-state index contributed by atoms with van der Waals surface area (Å²) in [6.45, 7) is 7.09. The molecule has 164 valence electrons. The predicted octanol–water partition coefficient (Wildman–Crippen LogP) is 0.413. The fourth-order valence-electron chi connectivity index (χ4n) is 4.92. The minimum absolute atomic E-state index is 0.0416. The minimum atomic E-state index is -0.0561. The molecule has 0 saturated carbocycles. The average molecular weight is 417 g/mol. The Kier molecular flexibility index (Phi) is 6.84. The fraction of sp³-hybridized carbons (Fsp3) is 0.682. The van der Waals surface area contributed by atoms with Crippen LogP contribution in [0.5, 0.6) is 0 Å². The van der Waals surface area contributed by atoms with E-state index in [1.165, 1.54) is 0 Å². The number of nitrogens with one attached hydrogen (secondary N) is 1. The largest absolute Gasteiger partial charge is 0.379 e. The van der Waals surface area contributed by atoms with Crippen LogP contribution in [0.25, 0.3) is 0 Å². The van der Waals surface area contributed by atoms with Crippen molar-refractivity contribution in [3.05, 3.63) is 34.2 Å². The van der Waals surface area contributed by atoms with Gasteiger partial charge in [-0.05, 0) is 31.4 Å². The first-order chi connectivity index (χ1) is 14.6. The van der Waals surface area contributed by atoms with Crippen molar-refractivity contribution in [2.75, 3.05) is 52.5 Å². The summed E-state index contributed by atoms with van der Waals surface area (Å²) >= 11 is 0. The molecule has 30 heavy (non-hydrogen) atoms. The predicted molar refractivity (Wildman–Crippen MR) is 112 cm³/mol. The number of morpholine rings is 1. The lowest BCUT2D eigenvalue weighted by Crippen LogP contribution is -2.49. The lowest BCUT2D eigenvalue weighted by atomic mass is 9.83. The lowest BCUT2D eigenvalue weighted by Gasteiger charge is -2.42. The summed E-state index contributed by atoms with van der Waals surface area (Å²) in [5, 5.41) is 2.93. The number of ether oxygens (including phenoxy) is 1. The van der Waals surface area contributed by atoms with Crippen molar-refractivity contribution >= 4 is 11.8 Å². The zero-order valence-corrected chi connectivity index (χ0v) is 17.6. The number of hydrogen-bond donors (Lipinski definition) is 1. The number of hydrogen-bond acceptors (Lipinski definition) is 5. The van der Waals surface area contributed by atoms with Gasteiger partial charge in [0.05, 0.1) is 13.2 Å². The zero-order valence-electron chi connectivity index (χ0n) is 17.6. The molecule has 3 aliphatic rings. The molecule has 1 aromatic rings. The van der Waals surface area contributed by atoms with Crippen LogP contribution in [-0.2, 0) is 20.9 Å². The van der Waals surface area contributed by atoms with Crippen LogP contribution < -0.4 is 10.9 Å². The summed E-state index contributed by atoms with van der Waals surface area (Å²) in [5.41, 5.74) is 1.08. The maximum Gasteiger partial charge on any atom is 0.250 e. The third-order valence-electron chi connectivity index (χ3n) is 6.48. The molecular weight excluding hydrogens is 384 g/mol. The van der Waals surface area contributed by atoms with Gasteiger partial charge in [-0.15, -0.1) is 0 Å². The van der Waals surface area contributed by atoms with Crippen molar-refractivity contribution in [2.45, 2.75) is 38.1 Å². The molecule has 0 aromatic carbocycles. The summed E-state index contributed by atoms with van der Waals surface area (Å²) in [6.07, 6.45) is 2.42. The first kappa shape index (κ1) is 21.1. The van der Waals surface area contributed by atoms with Crippen LogP contribution in [-0.4, -0.2) is 78.7 Å². The molecular formula is C22H32N4O4. The van der Waals surface area contributed by atoms with E-state index in [1.807, 2.05) is 15.5 Å². The molecule has 4 heterocycles. The van der Waals surface area contributed by atoms with Crippen LogP contribution in [0.1, 0.15) is 37.3 Å². The highest BCUT2D eigenvalue weighted by molar-refractivity contribution is 5.83. The quantitative estimate of drug-likeness (QED) is 0.651. The highest BCUT2D eigenvalue weighted by atomic mass is 16.5. The first-order valence-corrected chi connectivity index (χ1v) is 11.1. The van der Waals surface area contributed by atoms with Crippen LogP contribution in [0.2, 0.25) is 0 Å². The average Bonchev–Trinajstić information content (AvgIpc) is 2.76. The topological polar surface area (TPSA) is 83.9 Å². The van der Waals surface area contributed by atoms with Gasteiger partial charge < -0.3 is 19.5 Å². The highest BCUT2D eigenvalue weighted by Crippen LogP contribution is 2.35. The normalized spacial score (nSPS) is 23.7. The number of fused-ring (bicyclic) bond motifs is 4. The summed E-state index contributed by atoms with van der Waals surface area (Å²) in [5.74, 6) is 0.512. The number of piperidine rings is 1. The summed E-state index contributed by atoms with van der Waals surface area (Å²) < 4.78 is 7.20. The molecule has 2 bridgehead atoms. The molecule has 0 radical (unpaired) electrons. The Hall–Kier alpha value is -2.19. The van der Waals surface area contributed by atoms with Crippen molar-refractivity contribution in [3.63, 3.8) is 0 Å². The van der Waals surface area contributed by atoms with Gasteiger partial charge in [0.15, 0.2) is 0 Å². The SMILES string of the molecule is O=C(CCC(=O)N1CC2CC(C1)c1cccc(=O)n1C2)NCCCN1CCOCC1. The van der Waals surface area contributed by atoms with E-state index in [4.69, 9.17) is 4.74 Å². The highest BCUT2D eigenvalue weighted by Gasteiger charge is 2.36. The van der Waals surface area contributed by atoms with Gasteiger partial charge in [0.25, 0.3) is 5.56 Å². The molecule has 1 N–H and O–H groups in total. The van der Waals surface area contributed by atoms with Crippen molar-refractivity contribution in [1.82, 2.24) is 19.7 Å². The minimum Gasteiger partial charge on any atom is -0.379 e. The molecule has 0 aliphatic carbocycles. The number of pyridine rings is 1. The van der Waals surface area contributed by atoms with Crippen LogP contribution in [0.15, 0.2) is 23.0 Å². The van der Waals surface area contributed by atoms with Crippen LogP contribution >= 0.6 is 0 Å². The molecule has 8 heteroatoms. The monoisotopic (exact) mass is 416 g/mol. The van der Waals surface area contributed by atoms with Crippen molar-refractivity contribution in [2.24, 2.45) is 5.92 Å². The van der Waals surface area contributed by atoms with Crippen LogP contribution in [0, 0.1) is 5.92 Å². The summed E-state index contributed by atoms with van der Waals surface area (Å²) in [6, 6.07) is 5.41. The molecule has 0 spiro atoms. The molecule has 2 atom stereocenters. The molecule has 4 rings (SSSR count). The van der Waals surface area contributed by atoms with E-state index in [9.17, 15) is 14.4 Å². The second-order valence-corrected chi connectivity index (χ2v) is 8.65. The third kappa shape index (κ3) is 5.10. The molecule has 2 fully saturated rings. The van der Waals surface area contributed by atoms with Gasteiger partial charge in [0.2, 0.25) is 11.8 Å². The van der Waals surface area contributed by atoms with Gasteiger partial charge in [0.1, 0.15) is 0 Å². The van der Waals surface area contributed by atoms with E-state index < -0.39 is 0 Å². The number of amides is 2. The molecule has 8 nitrogen and oxygen atoms in total. The standard InChI is InChI=1S/C22H32N4O4/c27-20(23-7-2-8-24-9-11-30-12-10-24)5-6-21(28)25-14-17-13-18(16-25)19-3-1-4-22(29)26(19)15-17/h1,3-4,17-18H,2,5-16H2,(H,23,27). The van der Waals surface area contributed by atoms with E-state index in [0.29, 0.717) is 32.1 Å². The Bertz CT molecular complexity index is 818. The number of rotatable bonds is 7. The number of aromatic nitrogens is 1. The van der Waals surface area contributed by atoms with Gasteiger partial charge in [-0.25, -0.2) is 0 Å². The Labute approximate surface area is 177 Å². The van der Waals surface area contributed by atoms with E-state index in [0.717, 1.165) is 51.4 Å². The lowest BCUT2D eigenvalue weighted by molar-refractivity contribution is -0.136. The summed E-state index contributed by atoms with van der Waals surface area (Å²) in [7, 11) is 0. The van der Waals surface area contributed by atoms with Crippen LogP contribution in [0.4, 0.5) is 0 Å². The van der Waals surface area contributed by atoms with E-state index in [-0.39, 0.29) is 36.1 Å². The van der Waals surface area contributed by atoms with Gasteiger partial charge in [-0.3, -0.25) is 19.3 Å². The summed E-state index contributed by atoms with van der Waals surface area (Å²) in [4.78, 5) is 41.2. The Morgan fingerprint density at radius 3 is 2.77 bits per heavy atom. The Morgan fingerprint density at radius 2 is 1.93 bits per heavy atom. The Morgan fingerprint density at radius 1 is 1.10 bits per heavy atom. The number of carbonyl (C=O) groups is 2. The molecule has 2 saturated heterocycles.